The van der Waals surface area contributed by atoms with Gasteiger partial charge in [0.05, 0.1) is 18.3 Å². The van der Waals surface area contributed by atoms with Crippen LogP contribution in [0.5, 0.6) is 0 Å². The Balaban J connectivity index is 1.78. The van der Waals surface area contributed by atoms with Gasteiger partial charge in [-0.3, -0.25) is 0 Å². The lowest BCUT2D eigenvalue weighted by Crippen LogP contribution is -2.36. The number of aliphatic hydroxyl groups is 1. The van der Waals surface area contributed by atoms with E-state index in [0.717, 1.165) is 38.5 Å². The van der Waals surface area contributed by atoms with Crippen LogP contribution >= 0.6 is 0 Å². The standard InChI is InChI=1S/C11H21NO2/c12-8-3-1-4-9(7-8)14-11-6-2-5-10(11)13/h8-11,13H,1-7,12H2. The van der Waals surface area contributed by atoms with Crippen molar-refractivity contribution in [3.05, 3.63) is 0 Å². The average molecular weight is 199 g/mol. The lowest BCUT2D eigenvalue weighted by Gasteiger charge is -2.30. The number of rotatable bonds is 2. The summed E-state index contributed by atoms with van der Waals surface area (Å²) < 4.78 is 5.90. The van der Waals surface area contributed by atoms with Crippen LogP contribution in [-0.4, -0.2) is 29.5 Å². The monoisotopic (exact) mass is 199 g/mol. The van der Waals surface area contributed by atoms with Gasteiger partial charge in [-0.25, -0.2) is 0 Å². The van der Waals surface area contributed by atoms with Crippen LogP contribution in [-0.2, 0) is 4.74 Å². The second-order valence-corrected chi connectivity index (χ2v) is 4.72. The summed E-state index contributed by atoms with van der Waals surface area (Å²) in [5, 5.41) is 9.63. The number of hydrogen-bond donors (Lipinski definition) is 2. The van der Waals surface area contributed by atoms with Gasteiger partial charge in [0.1, 0.15) is 0 Å². The molecule has 0 bridgehead atoms. The minimum Gasteiger partial charge on any atom is -0.390 e. The smallest absolute Gasteiger partial charge is 0.0837 e. The molecule has 14 heavy (non-hydrogen) atoms. The highest BCUT2D eigenvalue weighted by atomic mass is 16.5. The zero-order valence-electron chi connectivity index (χ0n) is 8.69. The highest BCUT2D eigenvalue weighted by molar-refractivity contribution is 4.81. The summed E-state index contributed by atoms with van der Waals surface area (Å²) in [5.74, 6) is 0. The molecular weight excluding hydrogens is 178 g/mol. The Morgan fingerprint density at radius 2 is 1.86 bits per heavy atom. The molecule has 82 valence electrons. The van der Waals surface area contributed by atoms with Crippen LogP contribution in [0.3, 0.4) is 0 Å². The van der Waals surface area contributed by atoms with Crippen LogP contribution in [0.25, 0.3) is 0 Å². The van der Waals surface area contributed by atoms with Gasteiger partial charge in [-0.1, -0.05) is 0 Å². The quantitative estimate of drug-likeness (QED) is 0.702. The van der Waals surface area contributed by atoms with Gasteiger partial charge in [-0.05, 0) is 44.9 Å². The normalized spacial score (nSPS) is 44.1. The van der Waals surface area contributed by atoms with E-state index < -0.39 is 0 Å². The van der Waals surface area contributed by atoms with Gasteiger partial charge in [0.2, 0.25) is 0 Å². The molecule has 0 aliphatic heterocycles. The molecule has 0 amide bonds. The van der Waals surface area contributed by atoms with Crippen molar-refractivity contribution in [1.29, 1.82) is 0 Å². The van der Waals surface area contributed by atoms with E-state index in [1.807, 2.05) is 0 Å². The fourth-order valence-corrected chi connectivity index (χ4v) is 2.62. The maximum atomic E-state index is 9.63. The first-order chi connectivity index (χ1) is 6.75. The van der Waals surface area contributed by atoms with E-state index in [9.17, 15) is 5.11 Å². The van der Waals surface area contributed by atoms with Crippen LogP contribution < -0.4 is 5.73 Å². The highest BCUT2D eigenvalue weighted by Gasteiger charge is 2.30. The average Bonchev–Trinajstić information content (AvgIpc) is 2.52. The minimum atomic E-state index is -0.229. The Morgan fingerprint density at radius 3 is 2.50 bits per heavy atom. The minimum absolute atomic E-state index is 0.0882. The van der Waals surface area contributed by atoms with Gasteiger partial charge in [0.15, 0.2) is 0 Å². The van der Waals surface area contributed by atoms with Crippen LogP contribution in [0, 0.1) is 0 Å². The molecule has 4 unspecified atom stereocenters. The first-order valence-corrected chi connectivity index (χ1v) is 5.85. The van der Waals surface area contributed by atoms with Gasteiger partial charge in [0, 0.05) is 6.04 Å². The van der Waals surface area contributed by atoms with E-state index in [4.69, 9.17) is 10.5 Å². The van der Waals surface area contributed by atoms with Gasteiger partial charge >= 0.3 is 0 Å². The van der Waals surface area contributed by atoms with E-state index in [2.05, 4.69) is 0 Å². The molecule has 0 radical (unpaired) electrons. The van der Waals surface area contributed by atoms with E-state index in [1.54, 1.807) is 0 Å². The molecule has 2 aliphatic carbocycles. The summed E-state index contributed by atoms with van der Waals surface area (Å²) in [7, 11) is 0. The Morgan fingerprint density at radius 1 is 1.07 bits per heavy atom. The third kappa shape index (κ3) is 2.47. The van der Waals surface area contributed by atoms with E-state index in [1.165, 1.54) is 6.42 Å². The Labute approximate surface area is 85.6 Å². The molecule has 0 heterocycles. The first kappa shape index (κ1) is 10.4. The van der Waals surface area contributed by atoms with Crippen molar-refractivity contribution in [2.75, 3.05) is 0 Å². The van der Waals surface area contributed by atoms with E-state index in [0.29, 0.717) is 12.1 Å². The van der Waals surface area contributed by atoms with Gasteiger partial charge in [-0.15, -0.1) is 0 Å². The SMILES string of the molecule is NC1CCCC(OC2CCCC2O)C1. The lowest BCUT2D eigenvalue weighted by molar-refractivity contribution is -0.0751. The molecule has 3 N–H and O–H groups in total. The fourth-order valence-electron chi connectivity index (χ4n) is 2.62. The molecule has 2 saturated carbocycles. The van der Waals surface area contributed by atoms with E-state index in [-0.39, 0.29) is 12.2 Å². The molecule has 0 saturated heterocycles. The van der Waals surface area contributed by atoms with Gasteiger partial charge in [0.25, 0.3) is 0 Å². The number of nitrogens with two attached hydrogens (primary N) is 1. The van der Waals surface area contributed by atoms with Crippen molar-refractivity contribution in [3.63, 3.8) is 0 Å². The summed E-state index contributed by atoms with van der Waals surface area (Å²) >= 11 is 0. The van der Waals surface area contributed by atoms with Gasteiger partial charge in [-0.2, -0.15) is 0 Å². The molecule has 0 aromatic carbocycles. The molecule has 0 aromatic heterocycles. The van der Waals surface area contributed by atoms with Gasteiger partial charge < -0.3 is 15.6 Å². The number of aliphatic hydroxyl groups excluding tert-OH is 1. The zero-order chi connectivity index (χ0) is 9.97. The summed E-state index contributed by atoms with van der Waals surface area (Å²) in [5.41, 5.74) is 5.89. The van der Waals surface area contributed by atoms with Crippen molar-refractivity contribution >= 4 is 0 Å². The van der Waals surface area contributed by atoms with E-state index >= 15 is 0 Å². The molecule has 2 fully saturated rings. The summed E-state index contributed by atoms with van der Waals surface area (Å²) in [6.07, 6.45) is 7.60. The van der Waals surface area contributed by atoms with Crippen LogP contribution in [0.1, 0.15) is 44.9 Å². The molecule has 3 nitrogen and oxygen atoms in total. The first-order valence-electron chi connectivity index (χ1n) is 5.85. The fraction of sp³-hybridized carbons (Fsp3) is 1.00. The highest BCUT2D eigenvalue weighted by Crippen LogP contribution is 2.27. The van der Waals surface area contributed by atoms with Crippen molar-refractivity contribution in [3.8, 4) is 0 Å². The Bertz CT molecular complexity index is 186. The predicted octanol–water partition coefficient (Wildman–Crippen LogP) is 1.19. The second-order valence-electron chi connectivity index (χ2n) is 4.72. The van der Waals surface area contributed by atoms with Crippen LogP contribution in [0.15, 0.2) is 0 Å². The third-order valence-electron chi connectivity index (χ3n) is 3.45. The molecule has 4 atom stereocenters. The Hall–Kier alpha value is -0.120. The lowest BCUT2D eigenvalue weighted by atomic mass is 9.93. The molecule has 2 aliphatic rings. The molecule has 2 rings (SSSR count). The molecule has 3 heteroatoms. The summed E-state index contributed by atoms with van der Waals surface area (Å²) in [6.45, 7) is 0. The molecule has 0 spiro atoms. The maximum absolute atomic E-state index is 9.63. The predicted molar refractivity (Wildman–Crippen MR) is 55.0 cm³/mol. The number of hydrogen-bond acceptors (Lipinski definition) is 3. The largest absolute Gasteiger partial charge is 0.390 e. The summed E-state index contributed by atoms with van der Waals surface area (Å²) in [4.78, 5) is 0. The van der Waals surface area contributed by atoms with Crippen molar-refractivity contribution in [2.24, 2.45) is 5.73 Å². The van der Waals surface area contributed by atoms with Crippen LogP contribution in [0.2, 0.25) is 0 Å². The molecular formula is C11H21NO2. The van der Waals surface area contributed by atoms with Crippen molar-refractivity contribution < 1.29 is 9.84 Å². The topological polar surface area (TPSA) is 55.5 Å². The van der Waals surface area contributed by atoms with Crippen molar-refractivity contribution in [2.45, 2.75) is 69.3 Å². The maximum Gasteiger partial charge on any atom is 0.0837 e. The third-order valence-corrected chi connectivity index (χ3v) is 3.45. The van der Waals surface area contributed by atoms with Crippen molar-refractivity contribution in [1.82, 2.24) is 0 Å². The van der Waals surface area contributed by atoms with Crippen LogP contribution in [0.4, 0.5) is 0 Å². The number of ether oxygens (including phenoxy) is 1. The Kier molecular flexibility index (Phi) is 3.42. The zero-order valence-corrected chi connectivity index (χ0v) is 8.69. The second kappa shape index (κ2) is 4.60. The summed E-state index contributed by atoms with van der Waals surface area (Å²) in [6, 6.07) is 0.312. The molecule has 0 aromatic rings.